The van der Waals surface area contributed by atoms with E-state index in [0.717, 1.165) is 0 Å². The monoisotopic (exact) mass is 188 g/mol. The molecule has 4 heteroatoms. The van der Waals surface area contributed by atoms with Gasteiger partial charge in [0.15, 0.2) is 0 Å². The lowest BCUT2D eigenvalue weighted by Crippen LogP contribution is -2.27. The van der Waals surface area contributed by atoms with Gasteiger partial charge in [-0.25, -0.2) is 4.79 Å². The molecule has 0 bridgehead atoms. The first kappa shape index (κ1) is 12.1. The van der Waals surface area contributed by atoms with Gasteiger partial charge in [0.2, 0.25) is 0 Å². The molecule has 0 amide bonds. The van der Waals surface area contributed by atoms with Crippen LogP contribution in [0.1, 0.15) is 13.8 Å². The van der Waals surface area contributed by atoms with Crippen molar-refractivity contribution in [2.75, 3.05) is 13.2 Å². The minimum atomic E-state index is -1.04. The van der Waals surface area contributed by atoms with Crippen molar-refractivity contribution in [3.63, 3.8) is 0 Å². The summed E-state index contributed by atoms with van der Waals surface area (Å²) in [6.07, 6.45) is -1.04. The largest absolute Gasteiger partial charge is 0.463 e. The zero-order valence-electron chi connectivity index (χ0n) is 7.99. The fourth-order valence-electron chi connectivity index (χ4n) is 0.788. The normalized spacial score (nSPS) is 14.8. The maximum Gasteiger partial charge on any atom is 0.336 e. The molecule has 0 aliphatic rings. The Morgan fingerprint density at radius 2 is 2.15 bits per heavy atom. The van der Waals surface area contributed by atoms with Gasteiger partial charge >= 0.3 is 5.97 Å². The zero-order chi connectivity index (χ0) is 10.4. The van der Waals surface area contributed by atoms with Gasteiger partial charge in [-0.1, -0.05) is 13.5 Å². The van der Waals surface area contributed by atoms with Crippen LogP contribution in [0, 0.1) is 5.92 Å². The van der Waals surface area contributed by atoms with Crippen LogP contribution >= 0.6 is 0 Å². The summed E-state index contributed by atoms with van der Waals surface area (Å²) in [5, 5.41) is 18.1. The minimum absolute atomic E-state index is 0.0107. The van der Waals surface area contributed by atoms with Crippen LogP contribution in [0.2, 0.25) is 0 Å². The summed E-state index contributed by atoms with van der Waals surface area (Å²) in [4.78, 5) is 11.0. The van der Waals surface area contributed by atoms with Crippen molar-refractivity contribution >= 4 is 5.97 Å². The quantitative estimate of drug-likeness (QED) is 0.474. The fourth-order valence-corrected chi connectivity index (χ4v) is 0.788. The summed E-state index contributed by atoms with van der Waals surface area (Å²) >= 11 is 0. The number of ether oxygens (including phenoxy) is 1. The van der Waals surface area contributed by atoms with Gasteiger partial charge in [-0.05, 0) is 6.92 Å². The van der Waals surface area contributed by atoms with Crippen LogP contribution in [0.5, 0.6) is 0 Å². The number of rotatable bonds is 5. The number of aliphatic hydroxyl groups excluding tert-OH is 2. The highest BCUT2D eigenvalue weighted by atomic mass is 16.5. The molecule has 0 aromatic rings. The molecule has 0 saturated carbocycles. The van der Waals surface area contributed by atoms with Gasteiger partial charge in [-0.2, -0.15) is 0 Å². The van der Waals surface area contributed by atoms with Gasteiger partial charge in [-0.3, -0.25) is 0 Å². The first-order valence-electron chi connectivity index (χ1n) is 4.19. The molecule has 0 aromatic carbocycles. The maximum atomic E-state index is 11.0. The second-order valence-electron chi connectivity index (χ2n) is 2.85. The van der Waals surface area contributed by atoms with Gasteiger partial charge in [-0.15, -0.1) is 0 Å². The second-order valence-corrected chi connectivity index (χ2v) is 2.85. The van der Waals surface area contributed by atoms with E-state index in [1.54, 1.807) is 13.8 Å². The van der Waals surface area contributed by atoms with E-state index in [1.165, 1.54) is 0 Å². The highest BCUT2D eigenvalue weighted by Crippen LogP contribution is 2.11. The standard InChI is InChI=1S/C9H16O4/c1-4-13-9(12)7(3)8(11)6(2)5-10/h6,8,10-11H,3-5H2,1-2H3. The van der Waals surface area contributed by atoms with Gasteiger partial charge in [0.1, 0.15) is 0 Å². The van der Waals surface area contributed by atoms with Crippen molar-refractivity contribution < 1.29 is 19.7 Å². The summed E-state index contributed by atoms with van der Waals surface area (Å²) in [7, 11) is 0. The Balaban J connectivity index is 4.17. The zero-order valence-corrected chi connectivity index (χ0v) is 7.99. The minimum Gasteiger partial charge on any atom is -0.463 e. The van der Waals surface area contributed by atoms with E-state index in [0.29, 0.717) is 0 Å². The van der Waals surface area contributed by atoms with Gasteiger partial charge < -0.3 is 14.9 Å². The first-order valence-corrected chi connectivity index (χ1v) is 4.19. The molecule has 0 spiro atoms. The van der Waals surface area contributed by atoms with Crippen molar-refractivity contribution in [3.8, 4) is 0 Å². The lowest BCUT2D eigenvalue weighted by atomic mass is 9.99. The molecular formula is C9H16O4. The summed E-state index contributed by atoms with van der Waals surface area (Å²) in [6, 6.07) is 0. The summed E-state index contributed by atoms with van der Waals surface area (Å²) in [5.41, 5.74) is -0.0107. The molecule has 0 aliphatic heterocycles. The Morgan fingerprint density at radius 1 is 1.62 bits per heavy atom. The molecule has 0 aliphatic carbocycles. The molecular weight excluding hydrogens is 172 g/mol. The van der Waals surface area contributed by atoms with Crippen molar-refractivity contribution in [1.29, 1.82) is 0 Å². The molecule has 0 radical (unpaired) electrons. The lowest BCUT2D eigenvalue weighted by Gasteiger charge is -2.17. The number of carbonyl (C=O) groups excluding carboxylic acids is 1. The van der Waals surface area contributed by atoms with Crippen molar-refractivity contribution in [1.82, 2.24) is 0 Å². The second kappa shape index (κ2) is 5.72. The van der Waals surface area contributed by atoms with Crippen molar-refractivity contribution in [3.05, 3.63) is 12.2 Å². The summed E-state index contributed by atoms with van der Waals surface area (Å²) in [5.74, 6) is -1.02. The first-order chi connectivity index (χ1) is 6.04. The number of hydrogen-bond acceptors (Lipinski definition) is 4. The summed E-state index contributed by atoms with van der Waals surface area (Å²) in [6.45, 7) is 6.75. The van der Waals surface area contributed by atoms with Crippen LogP contribution in [0.3, 0.4) is 0 Å². The van der Waals surface area contributed by atoms with E-state index in [9.17, 15) is 9.90 Å². The molecule has 4 nitrogen and oxygen atoms in total. The van der Waals surface area contributed by atoms with Gasteiger partial charge in [0, 0.05) is 12.5 Å². The van der Waals surface area contributed by atoms with Gasteiger partial charge in [0.25, 0.3) is 0 Å². The third-order valence-electron chi connectivity index (χ3n) is 1.72. The van der Waals surface area contributed by atoms with Crippen molar-refractivity contribution in [2.24, 2.45) is 5.92 Å². The topological polar surface area (TPSA) is 66.8 Å². The highest BCUT2D eigenvalue weighted by Gasteiger charge is 2.22. The molecule has 13 heavy (non-hydrogen) atoms. The van der Waals surface area contributed by atoms with Gasteiger partial charge in [0.05, 0.1) is 18.3 Å². The smallest absolute Gasteiger partial charge is 0.336 e. The molecule has 0 saturated heterocycles. The van der Waals surface area contributed by atoms with Crippen LogP contribution in [0.15, 0.2) is 12.2 Å². The number of aliphatic hydroxyl groups is 2. The van der Waals surface area contributed by atoms with E-state index >= 15 is 0 Å². The average molecular weight is 188 g/mol. The maximum absolute atomic E-state index is 11.0. The molecule has 0 heterocycles. The van der Waals surface area contributed by atoms with E-state index in [4.69, 9.17) is 5.11 Å². The predicted octanol–water partition coefficient (Wildman–Crippen LogP) is 0.0950. The molecule has 2 unspecified atom stereocenters. The third kappa shape index (κ3) is 3.57. The lowest BCUT2D eigenvalue weighted by molar-refractivity contribution is -0.140. The molecule has 2 N–H and O–H groups in total. The predicted molar refractivity (Wildman–Crippen MR) is 48.0 cm³/mol. The Kier molecular flexibility index (Phi) is 5.34. The Hall–Kier alpha value is -0.870. The Bertz CT molecular complexity index is 188. The Labute approximate surface area is 77.8 Å². The molecule has 0 aromatic heterocycles. The number of carbonyl (C=O) groups is 1. The van der Waals surface area contributed by atoms with E-state index in [1.807, 2.05) is 0 Å². The Morgan fingerprint density at radius 3 is 2.54 bits per heavy atom. The highest BCUT2D eigenvalue weighted by molar-refractivity contribution is 5.88. The molecule has 0 rings (SSSR count). The van der Waals surface area contributed by atoms with Crippen LogP contribution in [-0.2, 0) is 9.53 Å². The SMILES string of the molecule is C=C(C(=O)OCC)C(O)C(C)CO. The number of hydrogen-bond donors (Lipinski definition) is 2. The average Bonchev–Trinajstić information content (AvgIpc) is 2.14. The molecule has 76 valence electrons. The van der Waals surface area contributed by atoms with E-state index in [2.05, 4.69) is 11.3 Å². The van der Waals surface area contributed by atoms with E-state index < -0.39 is 18.0 Å². The van der Waals surface area contributed by atoms with Crippen LogP contribution in [-0.4, -0.2) is 35.5 Å². The molecule has 2 atom stereocenters. The molecule has 0 fully saturated rings. The van der Waals surface area contributed by atoms with Crippen LogP contribution in [0.4, 0.5) is 0 Å². The van der Waals surface area contributed by atoms with E-state index in [-0.39, 0.29) is 18.8 Å². The van der Waals surface area contributed by atoms with Crippen molar-refractivity contribution in [2.45, 2.75) is 20.0 Å². The fraction of sp³-hybridized carbons (Fsp3) is 0.667. The summed E-state index contributed by atoms with van der Waals surface area (Å²) < 4.78 is 4.64. The third-order valence-corrected chi connectivity index (χ3v) is 1.72. The van der Waals surface area contributed by atoms with Crippen LogP contribution in [0.25, 0.3) is 0 Å². The van der Waals surface area contributed by atoms with Crippen LogP contribution < -0.4 is 0 Å². The number of esters is 1.